The third kappa shape index (κ3) is 5.55. The lowest BCUT2D eigenvalue weighted by molar-refractivity contribution is -0.121. The number of nitrogens with zero attached hydrogens (tertiary/aromatic N) is 1. The molecule has 4 heteroatoms. The van der Waals surface area contributed by atoms with E-state index in [1.165, 1.54) is 0 Å². The minimum atomic E-state index is -0.0318. The summed E-state index contributed by atoms with van der Waals surface area (Å²) in [6.45, 7) is 3.98. The fraction of sp³-hybridized carbons (Fsp3) is 0.467. The number of nitrogens with one attached hydrogen (secondary N) is 1. The van der Waals surface area contributed by atoms with Gasteiger partial charge in [-0.2, -0.15) is 5.10 Å². The molecular weight excluding hydrogens is 240 g/mol. The zero-order valence-electron chi connectivity index (χ0n) is 11.9. The standard InChI is InChI=1S/C15H22N2O2/c1-4-5-6-10-15(18)17-16-12(2)13-8-7-9-14(11-13)19-3/h7-9,11H,4-6,10H2,1-3H3,(H,17,18)/b16-12+. The number of rotatable bonds is 7. The first-order chi connectivity index (χ1) is 9.17. The maximum absolute atomic E-state index is 11.5. The Hall–Kier alpha value is -1.84. The predicted molar refractivity (Wildman–Crippen MR) is 77.5 cm³/mol. The van der Waals surface area contributed by atoms with Crippen molar-refractivity contribution in [3.05, 3.63) is 29.8 Å². The predicted octanol–water partition coefficient (Wildman–Crippen LogP) is 3.12. The molecule has 0 heterocycles. The van der Waals surface area contributed by atoms with E-state index in [0.717, 1.165) is 36.3 Å². The molecule has 0 unspecified atom stereocenters. The summed E-state index contributed by atoms with van der Waals surface area (Å²) in [5.41, 5.74) is 4.29. The molecule has 1 rings (SSSR count). The summed E-state index contributed by atoms with van der Waals surface area (Å²) in [6.07, 6.45) is 3.63. The summed E-state index contributed by atoms with van der Waals surface area (Å²) < 4.78 is 5.15. The van der Waals surface area contributed by atoms with Crippen molar-refractivity contribution in [1.82, 2.24) is 5.43 Å². The quantitative estimate of drug-likeness (QED) is 0.466. The average molecular weight is 262 g/mol. The highest BCUT2D eigenvalue weighted by atomic mass is 16.5. The number of hydrogen-bond donors (Lipinski definition) is 1. The molecule has 0 atom stereocenters. The first-order valence-electron chi connectivity index (χ1n) is 6.65. The molecule has 4 nitrogen and oxygen atoms in total. The lowest BCUT2D eigenvalue weighted by Gasteiger charge is -2.05. The Bertz CT molecular complexity index is 442. The van der Waals surface area contributed by atoms with E-state index in [4.69, 9.17) is 4.74 Å². The van der Waals surface area contributed by atoms with Crippen LogP contribution in [-0.2, 0) is 4.79 Å². The summed E-state index contributed by atoms with van der Waals surface area (Å²) in [4.78, 5) is 11.5. The topological polar surface area (TPSA) is 50.7 Å². The number of ether oxygens (including phenoxy) is 1. The highest BCUT2D eigenvalue weighted by Crippen LogP contribution is 2.13. The number of methoxy groups -OCH3 is 1. The highest BCUT2D eigenvalue weighted by Gasteiger charge is 2.02. The van der Waals surface area contributed by atoms with Gasteiger partial charge in [0.2, 0.25) is 5.91 Å². The molecular formula is C15H22N2O2. The van der Waals surface area contributed by atoms with Gasteiger partial charge in [0.1, 0.15) is 5.75 Å². The Kier molecular flexibility index (Phi) is 6.64. The number of unbranched alkanes of at least 4 members (excludes halogenated alkanes) is 2. The molecule has 1 aromatic carbocycles. The maximum atomic E-state index is 11.5. The molecule has 0 aliphatic rings. The number of benzene rings is 1. The van der Waals surface area contributed by atoms with E-state index in [1.54, 1.807) is 7.11 Å². The summed E-state index contributed by atoms with van der Waals surface area (Å²) >= 11 is 0. The average Bonchev–Trinajstić information content (AvgIpc) is 2.45. The van der Waals surface area contributed by atoms with Crippen molar-refractivity contribution < 1.29 is 9.53 Å². The monoisotopic (exact) mass is 262 g/mol. The van der Waals surface area contributed by atoms with Crippen LogP contribution in [0, 0.1) is 0 Å². The molecule has 1 aromatic rings. The van der Waals surface area contributed by atoms with Crippen LogP contribution in [0.25, 0.3) is 0 Å². The Morgan fingerprint density at radius 1 is 1.37 bits per heavy atom. The molecule has 0 aromatic heterocycles. The van der Waals surface area contributed by atoms with Gasteiger partial charge in [0.25, 0.3) is 0 Å². The molecule has 0 spiro atoms. The number of amides is 1. The van der Waals surface area contributed by atoms with E-state index >= 15 is 0 Å². The van der Waals surface area contributed by atoms with Crippen molar-refractivity contribution >= 4 is 11.6 Å². The van der Waals surface area contributed by atoms with Gasteiger partial charge in [-0.15, -0.1) is 0 Å². The van der Waals surface area contributed by atoms with E-state index in [1.807, 2.05) is 31.2 Å². The lowest BCUT2D eigenvalue weighted by atomic mass is 10.1. The van der Waals surface area contributed by atoms with Crippen LogP contribution in [0.4, 0.5) is 0 Å². The van der Waals surface area contributed by atoms with E-state index in [-0.39, 0.29) is 5.91 Å². The molecule has 0 saturated heterocycles. The molecule has 0 aliphatic heterocycles. The fourth-order valence-corrected chi connectivity index (χ4v) is 1.65. The minimum Gasteiger partial charge on any atom is -0.497 e. The number of carbonyl (C=O) groups is 1. The molecule has 1 N–H and O–H groups in total. The Balaban J connectivity index is 2.53. The normalized spacial score (nSPS) is 11.2. The smallest absolute Gasteiger partial charge is 0.240 e. The number of carbonyl (C=O) groups excluding carboxylic acids is 1. The number of hydrogen-bond acceptors (Lipinski definition) is 3. The second-order valence-corrected chi connectivity index (χ2v) is 4.42. The van der Waals surface area contributed by atoms with Gasteiger partial charge in [0.05, 0.1) is 12.8 Å². The fourth-order valence-electron chi connectivity index (χ4n) is 1.65. The van der Waals surface area contributed by atoms with Gasteiger partial charge >= 0.3 is 0 Å². The van der Waals surface area contributed by atoms with Crippen molar-refractivity contribution in [2.24, 2.45) is 5.10 Å². The van der Waals surface area contributed by atoms with Crippen LogP contribution < -0.4 is 10.2 Å². The van der Waals surface area contributed by atoms with Crippen LogP contribution >= 0.6 is 0 Å². The molecule has 0 radical (unpaired) electrons. The summed E-state index contributed by atoms with van der Waals surface area (Å²) in [6, 6.07) is 7.60. The minimum absolute atomic E-state index is 0.0318. The zero-order chi connectivity index (χ0) is 14.1. The summed E-state index contributed by atoms with van der Waals surface area (Å²) in [5.74, 6) is 0.747. The Morgan fingerprint density at radius 3 is 2.84 bits per heavy atom. The van der Waals surface area contributed by atoms with Crippen molar-refractivity contribution in [1.29, 1.82) is 0 Å². The second kappa shape index (κ2) is 8.29. The van der Waals surface area contributed by atoms with E-state index in [9.17, 15) is 4.79 Å². The first-order valence-corrected chi connectivity index (χ1v) is 6.65. The second-order valence-electron chi connectivity index (χ2n) is 4.42. The molecule has 104 valence electrons. The third-order valence-corrected chi connectivity index (χ3v) is 2.84. The van der Waals surface area contributed by atoms with Gasteiger partial charge in [-0.1, -0.05) is 31.9 Å². The molecule has 0 fully saturated rings. The van der Waals surface area contributed by atoms with Crippen LogP contribution in [0.5, 0.6) is 5.75 Å². The van der Waals surface area contributed by atoms with E-state index < -0.39 is 0 Å². The van der Waals surface area contributed by atoms with Crippen molar-refractivity contribution in [2.75, 3.05) is 7.11 Å². The Labute approximate surface area is 114 Å². The summed E-state index contributed by atoms with van der Waals surface area (Å²) in [5, 5.41) is 4.11. The third-order valence-electron chi connectivity index (χ3n) is 2.84. The Morgan fingerprint density at radius 2 is 2.16 bits per heavy atom. The highest BCUT2D eigenvalue weighted by molar-refractivity contribution is 5.99. The van der Waals surface area contributed by atoms with Crippen molar-refractivity contribution in [3.63, 3.8) is 0 Å². The summed E-state index contributed by atoms with van der Waals surface area (Å²) in [7, 11) is 1.63. The van der Waals surface area contributed by atoms with Crippen LogP contribution in [0.2, 0.25) is 0 Å². The zero-order valence-corrected chi connectivity index (χ0v) is 11.9. The first kappa shape index (κ1) is 15.2. The van der Waals surface area contributed by atoms with E-state index in [0.29, 0.717) is 6.42 Å². The van der Waals surface area contributed by atoms with Crippen LogP contribution in [-0.4, -0.2) is 18.7 Å². The number of hydrazone groups is 1. The lowest BCUT2D eigenvalue weighted by Crippen LogP contribution is -2.18. The van der Waals surface area contributed by atoms with Crippen LogP contribution in [0.3, 0.4) is 0 Å². The SMILES string of the molecule is CCCCCC(=O)N/N=C(\C)c1cccc(OC)c1. The molecule has 0 bridgehead atoms. The van der Waals surface area contributed by atoms with Crippen molar-refractivity contribution in [2.45, 2.75) is 39.5 Å². The molecule has 1 amide bonds. The van der Waals surface area contributed by atoms with Crippen molar-refractivity contribution in [3.8, 4) is 5.75 Å². The van der Waals surface area contributed by atoms with Gasteiger partial charge in [0, 0.05) is 12.0 Å². The maximum Gasteiger partial charge on any atom is 0.240 e. The molecule has 0 saturated carbocycles. The van der Waals surface area contributed by atoms with Gasteiger partial charge in [-0.05, 0) is 25.5 Å². The largest absolute Gasteiger partial charge is 0.497 e. The molecule has 0 aliphatic carbocycles. The van der Waals surface area contributed by atoms with Gasteiger partial charge < -0.3 is 4.74 Å². The van der Waals surface area contributed by atoms with Gasteiger partial charge in [-0.3, -0.25) is 4.79 Å². The van der Waals surface area contributed by atoms with E-state index in [2.05, 4.69) is 17.5 Å². The van der Waals surface area contributed by atoms with Gasteiger partial charge in [-0.25, -0.2) is 5.43 Å². The van der Waals surface area contributed by atoms with Crippen LogP contribution in [0.15, 0.2) is 29.4 Å². The van der Waals surface area contributed by atoms with Crippen LogP contribution in [0.1, 0.15) is 45.1 Å². The molecule has 19 heavy (non-hydrogen) atoms. The van der Waals surface area contributed by atoms with Gasteiger partial charge in [0.15, 0.2) is 0 Å².